The Labute approximate surface area is 133 Å². The molecule has 1 aromatic rings. The van der Waals surface area contributed by atoms with Gasteiger partial charge in [-0.05, 0) is 43.9 Å². The minimum atomic E-state index is -0.435. The molecule has 2 N–H and O–H groups in total. The number of pyridine rings is 1. The summed E-state index contributed by atoms with van der Waals surface area (Å²) in [6.07, 6.45) is 3.28. The molecule has 0 aliphatic carbocycles. The third kappa shape index (κ3) is 7.22. The molecule has 122 valence electrons. The van der Waals surface area contributed by atoms with E-state index in [2.05, 4.69) is 42.1 Å². The minimum absolute atomic E-state index is 0.399. The van der Waals surface area contributed by atoms with Crippen LogP contribution in [-0.4, -0.2) is 24.2 Å². The maximum absolute atomic E-state index is 11.2. The van der Waals surface area contributed by atoms with Crippen LogP contribution in [0.3, 0.4) is 0 Å². The standard InChI is InChI=1S/C17H27N3O2/c1-13(2)15-8-7-11-19-16(15)12-18-9-5-6-10-20-17(21)22-14(3)4/h7-8,11,13,18H,3,5-6,9-10,12H2,1-2,4H3,(H,20,21). The van der Waals surface area contributed by atoms with Crippen molar-refractivity contribution >= 4 is 6.09 Å². The van der Waals surface area contributed by atoms with Gasteiger partial charge >= 0.3 is 6.09 Å². The van der Waals surface area contributed by atoms with Crippen LogP contribution in [0.4, 0.5) is 4.79 Å². The smallest absolute Gasteiger partial charge is 0.412 e. The Bertz CT molecular complexity index is 487. The Morgan fingerprint density at radius 3 is 2.77 bits per heavy atom. The van der Waals surface area contributed by atoms with Crippen LogP contribution in [0.15, 0.2) is 30.7 Å². The molecule has 0 atom stereocenters. The summed E-state index contributed by atoms with van der Waals surface area (Å²) in [7, 11) is 0. The molecule has 0 aliphatic rings. The van der Waals surface area contributed by atoms with Gasteiger partial charge in [0, 0.05) is 19.3 Å². The van der Waals surface area contributed by atoms with Crippen molar-refractivity contribution in [3.05, 3.63) is 41.9 Å². The van der Waals surface area contributed by atoms with Crippen molar-refractivity contribution in [3.8, 4) is 0 Å². The van der Waals surface area contributed by atoms with E-state index in [-0.39, 0.29) is 0 Å². The van der Waals surface area contributed by atoms with E-state index in [0.717, 1.165) is 31.6 Å². The molecule has 0 aliphatic heterocycles. The molecule has 5 nitrogen and oxygen atoms in total. The average Bonchev–Trinajstić information content (AvgIpc) is 2.45. The van der Waals surface area contributed by atoms with Gasteiger partial charge in [-0.2, -0.15) is 0 Å². The second-order valence-electron chi connectivity index (χ2n) is 5.60. The van der Waals surface area contributed by atoms with Crippen molar-refractivity contribution in [2.24, 2.45) is 0 Å². The molecule has 0 bridgehead atoms. The summed E-state index contributed by atoms with van der Waals surface area (Å²) in [5, 5.41) is 6.08. The second-order valence-corrected chi connectivity index (χ2v) is 5.60. The number of amides is 1. The van der Waals surface area contributed by atoms with Gasteiger partial charge in [0.2, 0.25) is 0 Å². The number of allylic oxidation sites excluding steroid dienone is 1. The number of nitrogens with zero attached hydrogens (tertiary/aromatic N) is 1. The number of alkyl carbamates (subject to hydrolysis) is 1. The van der Waals surface area contributed by atoms with E-state index >= 15 is 0 Å². The fraction of sp³-hybridized carbons (Fsp3) is 0.529. The molecule has 1 amide bonds. The highest BCUT2D eigenvalue weighted by Crippen LogP contribution is 2.16. The molecule has 1 rings (SSSR count). The SMILES string of the molecule is C=C(C)OC(=O)NCCCCNCc1ncccc1C(C)C. The lowest BCUT2D eigenvalue weighted by Gasteiger charge is -2.12. The van der Waals surface area contributed by atoms with Crippen LogP contribution >= 0.6 is 0 Å². The molecular weight excluding hydrogens is 278 g/mol. The zero-order chi connectivity index (χ0) is 16.4. The highest BCUT2D eigenvalue weighted by Gasteiger charge is 2.06. The van der Waals surface area contributed by atoms with E-state index in [4.69, 9.17) is 4.74 Å². The Balaban J connectivity index is 2.14. The topological polar surface area (TPSA) is 63.2 Å². The summed E-state index contributed by atoms with van der Waals surface area (Å²) in [4.78, 5) is 15.7. The zero-order valence-electron chi connectivity index (χ0n) is 13.8. The first-order chi connectivity index (χ1) is 10.5. The first-order valence-electron chi connectivity index (χ1n) is 7.76. The summed E-state index contributed by atoms with van der Waals surface area (Å²) in [5.41, 5.74) is 2.40. The highest BCUT2D eigenvalue weighted by atomic mass is 16.6. The first-order valence-corrected chi connectivity index (χ1v) is 7.76. The molecule has 1 heterocycles. The summed E-state index contributed by atoms with van der Waals surface area (Å²) in [6, 6.07) is 4.11. The quantitative estimate of drug-likeness (QED) is 0.542. The van der Waals surface area contributed by atoms with Crippen LogP contribution in [-0.2, 0) is 11.3 Å². The molecule has 5 heteroatoms. The number of carbonyl (C=O) groups excluding carboxylic acids is 1. The van der Waals surface area contributed by atoms with Crippen LogP contribution in [0, 0.1) is 0 Å². The van der Waals surface area contributed by atoms with Crippen molar-refractivity contribution in [2.45, 2.75) is 46.1 Å². The maximum Gasteiger partial charge on any atom is 0.412 e. The Morgan fingerprint density at radius 1 is 1.36 bits per heavy atom. The van der Waals surface area contributed by atoms with E-state index in [1.54, 1.807) is 6.92 Å². The zero-order valence-corrected chi connectivity index (χ0v) is 13.8. The van der Waals surface area contributed by atoms with Gasteiger partial charge in [0.15, 0.2) is 0 Å². The van der Waals surface area contributed by atoms with Crippen LogP contribution in [0.1, 0.15) is 50.8 Å². The fourth-order valence-electron chi connectivity index (χ4n) is 2.09. The molecule has 0 saturated heterocycles. The number of nitrogens with one attached hydrogen (secondary N) is 2. The number of unbranched alkanes of at least 4 members (excludes halogenated alkanes) is 1. The Hall–Kier alpha value is -1.88. The third-order valence-corrected chi connectivity index (χ3v) is 3.16. The first kappa shape index (κ1) is 18.2. The molecule has 0 radical (unpaired) electrons. The summed E-state index contributed by atoms with van der Waals surface area (Å²) in [5.74, 6) is 0.879. The van der Waals surface area contributed by atoms with Crippen molar-refractivity contribution in [1.82, 2.24) is 15.6 Å². The average molecular weight is 305 g/mol. The van der Waals surface area contributed by atoms with Crippen molar-refractivity contribution < 1.29 is 9.53 Å². The van der Waals surface area contributed by atoms with Gasteiger partial charge in [-0.15, -0.1) is 0 Å². The minimum Gasteiger partial charge on any atom is -0.416 e. The number of ether oxygens (including phenoxy) is 1. The van der Waals surface area contributed by atoms with Crippen LogP contribution in [0.2, 0.25) is 0 Å². The molecule has 0 spiro atoms. The van der Waals surface area contributed by atoms with Crippen molar-refractivity contribution in [1.29, 1.82) is 0 Å². The van der Waals surface area contributed by atoms with Crippen LogP contribution in [0.5, 0.6) is 0 Å². The number of hydrogen-bond acceptors (Lipinski definition) is 4. The molecular formula is C17H27N3O2. The number of rotatable bonds is 9. The van der Waals surface area contributed by atoms with Gasteiger partial charge in [0.1, 0.15) is 0 Å². The van der Waals surface area contributed by atoms with Gasteiger partial charge in [-0.3, -0.25) is 4.98 Å². The molecule has 1 aromatic heterocycles. The predicted molar refractivity (Wildman–Crippen MR) is 88.6 cm³/mol. The number of aromatic nitrogens is 1. The molecule has 0 aromatic carbocycles. The number of hydrogen-bond donors (Lipinski definition) is 2. The fourth-order valence-corrected chi connectivity index (χ4v) is 2.09. The van der Waals surface area contributed by atoms with Crippen molar-refractivity contribution in [3.63, 3.8) is 0 Å². The maximum atomic E-state index is 11.2. The highest BCUT2D eigenvalue weighted by molar-refractivity contribution is 5.68. The lowest BCUT2D eigenvalue weighted by molar-refractivity contribution is 0.176. The third-order valence-electron chi connectivity index (χ3n) is 3.16. The van der Waals surface area contributed by atoms with Gasteiger partial charge < -0.3 is 15.4 Å². The van der Waals surface area contributed by atoms with E-state index in [1.807, 2.05) is 12.3 Å². The predicted octanol–water partition coefficient (Wildman–Crippen LogP) is 3.33. The normalized spacial score (nSPS) is 10.5. The summed E-state index contributed by atoms with van der Waals surface area (Å²) in [6.45, 7) is 11.8. The van der Waals surface area contributed by atoms with Crippen molar-refractivity contribution in [2.75, 3.05) is 13.1 Å². The Morgan fingerprint density at radius 2 is 2.09 bits per heavy atom. The number of carbonyl (C=O) groups is 1. The van der Waals surface area contributed by atoms with Gasteiger partial charge in [-0.25, -0.2) is 4.79 Å². The Kier molecular flexibility index (Phi) is 8.22. The van der Waals surface area contributed by atoms with Gasteiger partial charge in [0.25, 0.3) is 0 Å². The molecule has 22 heavy (non-hydrogen) atoms. The van der Waals surface area contributed by atoms with Crippen LogP contribution in [0.25, 0.3) is 0 Å². The lowest BCUT2D eigenvalue weighted by atomic mass is 10.0. The van der Waals surface area contributed by atoms with Gasteiger partial charge in [-0.1, -0.05) is 26.5 Å². The van der Waals surface area contributed by atoms with Crippen LogP contribution < -0.4 is 10.6 Å². The van der Waals surface area contributed by atoms with E-state index in [1.165, 1.54) is 5.56 Å². The molecule has 0 fully saturated rings. The van der Waals surface area contributed by atoms with E-state index in [0.29, 0.717) is 18.2 Å². The second kappa shape index (κ2) is 9.95. The molecule has 0 saturated carbocycles. The molecule has 0 unspecified atom stereocenters. The monoisotopic (exact) mass is 305 g/mol. The largest absolute Gasteiger partial charge is 0.416 e. The van der Waals surface area contributed by atoms with E-state index < -0.39 is 6.09 Å². The van der Waals surface area contributed by atoms with E-state index in [9.17, 15) is 4.79 Å². The summed E-state index contributed by atoms with van der Waals surface area (Å²) >= 11 is 0. The summed E-state index contributed by atoms with van der Waals surface area (Å²) < 4.78 is 4.80. The lowest BCUT2D eigenvalue weighted by Crippen LogP contribution is -2.25. The van der Waals surface area contributed by atoms with Gasteiger partial charge in [0.05, 0.1) is 11.5 Å².